The Morgan fingerprint density at radius 1 is 0.929 bits per heavy atom. The van der Waals surface area contributed by atoms with Crippen LogP contribution < -0.4 is 9.62 Å². The molecular weight excluding hydrogens is 608 g/mol. The third-order valence-electron chi connectivity index (χ3n) is 7.75. The monoisotopic (exact) mass is 636 g/mol. The van der Waals surface area contributed by atoms with Gasteiger partial charge in [0, 0.05) is 35.6 Å². The fraction of sp³-hybridized carbons (Fsp3) is 0.226. The van der Waals surface area contributed by atoms with Gasteiger partial charge in [-0.3, -0.25) is 9.10 Å². The van der Waals surface area contributed by atoms with Crippen molar-refractivity contribution in [1.29, 1.82) is 0 Å². The third-order valence-corrected chi connectivity index (χ3v) is 11.8. The summed E-state index contributed by atoms with van der Waals surface area (Å²) in [5, 5.41) is 4.84. The number of aryl methyl sites for hydroxylation is 1. The summed E-state index contributed by atoms with van der Waals surface area (Å²) in [4.78, 5) is 22.1. The molecule has 0 spiro atoms. The van der Waals surface area contributed by atoms with Crippen molar-refractivity contribution < 1.29 is 13.2 Å². The average molecular weight is 637 g/mol. The molecule has 1 N–H and O–H groups in total. The van der Waals surface area contributed by atoms with Gasteiger partial charge in [0.15, 0.2) is 0 Å². The second kappa shape index (κ2) is 11.4. The van der Waals surface area contributed by atoms with Crippen molar-refractivity contribution in [3.63, 3.8) is 0 Å². The number of benzene rings is 3. The molecule has 1 amide bonds. The van der Waals surface area contributed by atoms with Gasteiger partial charge in [-0.1, -0.05) is 30.3 Å². The fourth-order valence-electron chi connectivity index (χ4n) is 5.65. The number of thiophene rings is 1. The number of carbonyl (C=O) groups is 1. The fourth-order valence-corrected chi connectivity index (χ4v) is 9.63. The topological polar surface area (TPSA) is 82.6 Å². The van der Waals surface area contributed by atoms with E-state index in [1.807, 2.05) is 42.5 Å². The van der Waals surface area contributed by atoms with Crippen molar-refractivity contribution in [3.05, 3.63) is 94.4 Å². The van der Waals surface area contributed by atoms with Gasteiger partial charge in [0.1, 0.15) is 10.0 Å². The van der Waals surface area contributed by atoms with Gasteiger partial charge in [0.2, 0.25) is 0 Å². The number of likely N-dealkylation sites (N-methyl/N-ethyl adjacent to an activating group) is 1. The van der Waals surface area contributed by atoms with Gasteiger partial charge in [0.05, 0.1) is 20.8 Å². The number of anilines is 2. The summed E-state index contributed by atoms with van der Waals surface area (Å²) in [5.41, 5.74) is 5.39. The highest BCUT2D eigenvalue weighted by atomic mass is 35.5. The molecule has 0 saturated heterocycles. The van der Waals surface area contributed by atoms with Crippen LogP contribution in [0.5, 0.6) is 0 Å². The summed E-state index contributed by atoms with van der Waals surface area (Å²) in [6.07, 6.45) is 2.53. The lowest BCUT2D eigenvalue weighted by Gasteiger charge is -2.30. The Morgan fingerprint density at radius 2 is 1.69 bits per heavy atom. The first kappa shape index (κ1) is 28.8. The zero-order valence-corrected chi connectivity index (χ0v) is 26.1. The average Bonchev–Trinajstić information content (AvgIpc) is 3.57. The number of amides is 1. The third kappa shape index (κ3) is 5.11. The number of fused-ring (bicyclic) bond motifs is 3. The van der Waals surface area contributed by atoms with Crippen LogP contribution in [0, 0.1) is 0 Å². The van der Waals surface area contributed by atoms with Crippen LogP contribution in [0.15, 0.2) is 77.7 Å². The van der Waals surface area contributed by atoms with Crippen molar-refractivity contribution in [3.8, 4) is 10.6 Å². The van der Waals surface area contributed by atoms with E-state index in [0.29, 0.717) is 12.1 Å². The van der Waals surface area contributed by atoms with Crippen LogP contribution in [0.4, 0.5) is 10.7 Å². The number of sulfonamides is 1. The summed E-state index contributed by atoms with van der Waals surface area (Å²) in [5.74, 6) is -0.272. The highest BCUT2D eigenvalue weighted by Gasteiger charge is 2.30. The first-order valence-electron chi connectivity index (χ1n) is 13.6. The molecule has 4 heterocycles. The standard InChI is InChI=1S/C31H28N4O3S3.ClH/c1-34-18-16-23-27(19-34)40-31(28(23)30-32-24-9-3-5-11-26(24)39-30)33-29(36)21-12-14-22(15-13-21)41(37,38)35-17-6-8-20-7-2-4-10-25(20)35;/h2-5,7,9-15H,6,8,16-19H2,1H3,(H,33,36);1H. The molecule has 2 aliphatic heterocycles. The van der Waals surface area contributed by atoms with E-state index in [1.165, 1.54) is 26.9 Å². The number of halogens is 1. The van der Waals surface area contributed by atoms with Gasteiger partial charge in [-0.25, -0.2) is 13.4 Å². The molecule has 2 aliphatic rings. The summed E-state index contributed by atoms with van der Waals surface area (Å²) in [7, 11) is -1.64. The minimum Gasteiger partial charge on any atom is -0.313 e. The number of aromatic nitrogens is 1. The predicted molar refractivity (Wildman–Crippen MR) is 174 cm³/mol. The van der Waals surface area contributed by atoms with Crippen molar-refractivity contribution in [2.45, 2.75) is 30.7 Å². The van der Waals surface area contributed by atoms with Gasteiger partial charge < -0.3 is 10.2 Å². The number of hydrogen-bond acceptors (Lipinski definition) is 7. The molecule has 3 aromatic carbocycles. The van der Waals surface area contributed by atoms with Gasteiger partial charge in [-0.15, -0.1) is 35.1 Å². The smallest absolute Gasteiger partial charge is 0.264 e. The molecule has 2 aromatic heterocycles. The largest absolute Gasteiger partial charge is 0.313 e. The van der Waals surface area contributed by atoms with E-state index >= 15 is 0 Å². The van der Waals surface area contributed by atoms with E-state index in [0.717, 1.165) is 69.4 Å². The molecule has 42 heavy (non-hydrogen) atoms. The number of nitrogens with zero attached hydrogens (tertiary/aromatic N) is 3. The normalized spacial score (nSPS) is 15.1. The molecule has 7 nitrogen and oxygen atoms in total. The Bertz CT molecular complexity index is 1870. The molecule has 0 bridgehead atoms. The van der Waals surface area contributed by atoms with Gasteiger partial charge in [-0.2, -0.15) is 0 Å². The van der Waals surface area contributed by atoms with Crippen LogP contribution in [0.2, 0.25) is 0 Å². The van der Waals surface area contributed by atoms with Gasteiger partial charge in [0.25, 0.3) is 15.9 Å². The molecule has 0 saturated carbocycles. The Hall–Kier alpha value is -3.28. The number of nitrogens with one attached hydrogen (secondary N) is 1. The van der Waals surface area contributed by atoms with Crippen LogP contribution in [-0.2, 0) is 29.4 Å². The lowest BCUT2D eigenvalue weighted by molar-refractivity contribution is 0.102. The van der Waals surface area contributed by atoms with Crippen molar-refractivity contribution >= 4 is 71.9 Å². The summed E-state index contributed by atoms with van der Waals surface area (Å²) in [6.45, 7) is 2.22. The van der Waals surface area contributed by atoms with E-state index in [-0.39, 0.29) is 23.2 Å². The quantitative estimate of drug-likeness (QED) is 0.229. The highest BCUT2D eigenvalue weighted by Crippen LogP contribution is 2.45. The number of carbonyl (C=O) groups excluding carboxylic acids is 1. The highest BCUT2D eigenvalue weighted by molar-refractivity contribution is 7.92. The summed E-state index contributed by atoms with van der Waals surface area (Å²) >= 11 is 3.24. The second-order valence-corrected chi connectivity index (χ2v) is 14.5. The maximum absolute atomic E-state index is 13.6. The molecule has 0 atom stereocenters. The van der Waals surface area contributed by atoms with Gasteiger partial charge >= 0.3 is 0 Å². The predicted octanol–water partition coefficient (Wildman–Crippen LogP) is 6.83. The zero-order valence-electron chi connectivity index (χ0n) is 22.9. The van der Waals surface area contributed by atoms with Crippen LogP contribution >= 0.6 is 35.1 Å². The molecule has 216 valence electrons. The van der Waals surface area contributed by atoms with E-state index in [1.54, 1.807) is 34.8 Å². The Kier molecular flexibility index (Phi) is 7.84. The minimum atomic E-state index is -3.75. The van der Waals surface area contributed by atoms with E-state index in [4.69, 9.17) is 4.98 Å². The lowest BCUT2D eigenvalue weighted by Crippen LogP contribution is -2.35. The summed E-state index contributed by atoms with van der Waals surface area (Å²) < 4.78 is 29.7. The first-order valence-corrected chi connectivity index (χ1v) is 16.7. The van der Waals surface area contributed by atoms with Crippen LogP contribution in [0.25, 0.3) is 20.8 Å². The molecule has 0 aliphatic carbocycles. The lowest BCUT2D eigenvalue weighted by atomic mass is 10.0. The van der Waals surface area contributed by atoms with Crippen molar-refractivity contribution in [2.24, 2.45) is 0 Å². The van der Waals surface area contributed by atoms with E-state index < -0.39 is 10.0 Å². The number of thiazole rings is 1. The molecule has 5 aromatic rings. The summed E-state index contributed by atoms with van der Waals surface area (Å²) in [6, 6.07) is 22.0. The molecule has 0 radical (unpaired) electrons. The first-order chi connectivity index (χ1) is 19.9. The number of rotatable bonds is 5. The maximum Gasteiger partial charge on any atom is 0.264 e. The molecule has 7 rings (SSSR count). The van der Waals surface area contributed by atoms with E-state index in [9.17, 15) is 13.2 Å². The molecule has 0 unspecified atom stereocenters. The maximum atomic E-state index is 13.6. The Labute approximate surface area is 259 Å². The Balaban J connectivity index is 0.00000316. The van der Waals surface area contributed by atoms with Crippen LogP contribution in [0.3, 0.4) is 0 Å². The number of hydrogen-bond donors (Lipinski definition) is 1. The second-order valence-electron chi connectivity index (χ2n) is 10.5. The minimum absolute atomic E-state index is 0. The molecule has 0 fully saturated rings. The van der Waals surface area contributed by atoms with Crippen LogP contribution in [0.1, 0.15) is 32.8 Å². The van der Waals surface area contributed by atoms with Crippen molar-refractivity contribution in [2.75, 3.05) is 29.8 Å². The van der Waals surface area contributed by atoms with Crippen molar-refractivity contribution in [1.82, 2.24) is 9.88 Å². The Morgan fingerprint density at radius 3 is 2.50 bits per heavy atom. The van der Waals surface area contributed by atoms with E-state index in [2.05, 4.69) is 23.3 Å². The zero-order chi connectivity index (χ0) is 28.1. The molecular formula is C31H29ClN4O3S3. The van der Waals surface area contributed by atoms with Gasteiger partial charge in [-0.05, 0) is 79.9 Å². The molecule has 11 heteroatoms. The van der Waals surface area contributed by atoms with Crippen LogP contribution in [-0.4, -0.2) is 44.3 Å². The number of para-hydroxylation sites is 2. The SMILES string of the molecule is CN1CCc2c(sc(NC(=O)c3ccc(S(=O)(=O)N4CCCc5ccccc54)cc3)c2-c2nc3ccccc3s2)C1.Cl.